The van der Waals surface area contributed by atoms with E-state index in [2.05, 4.69) is 20.0 Å². The second kappa shape index (κ2) is 8.50. The number of amides is 1. The first-order valence-electron chi connectivity index (χ1n) is 8.99. The number of halogens is 1. The number of carbonyl (C=O) groups excluding carboxylic acids is 2. The summed E-state index contributed by atoms with van der Waals surface area (Å²) in [5.74, 6) is -0.972. The molecule has 0 spiro atoms. The molecule has 8 nitrogen and oxygen atoms in total. The summed E-state index contributed by atoms with van der Waals surface area (Å²) in [7, 11) is 0. The van der Waals surface area contributed by atoms with E-state index in [4.69, 9.17) is 16.3 Å². The van der Waals surface area contributed by atoms with Crippen molar-refractivity contribution in [3.8, 4) is 0 Å². The molecule has 0 atom stereocenters. The maximum absolute atomic E-state index is 12.8. The van der Waals surface area contributed by atoms with Crippen molar-refractivity contribution in [2.45, 2.75) is 20.4 Å². The molecule has 0 saturated heterocycles. The minimum absolute atomic E-state index is 0.00242. The lowest BCUT2D eigenvalue weighted by molar-refractivity contribution is 0.0520. The Bertz CT molecular complexity index is 1250. The van der Waals surface area contributed by atoms with E-state index in [0.717, 1.165) is 33.0 Å². The fraction of sp³-hybridized carbons (Fsp3) is 0.211. The van der Waals surface area contributed by atoms with Crippen molar-refractivity contribution in [2.75, 3.05) is 11.9 Å². The Kier molecular flexibility index (Phi) is 5.80. The summed E-state index contributed by atoms with van der Waals surface area (Å²) in [5.41, 5.74) is 1.76. The van der Waals surface area contributed by atoms with Crippen LogP contribution in [0.2, 0.25) is 5.02 Å². The Morgan fingerprint density at radius 2 is 2.10 bits per heavy atom. The normalized spacial score (nSPS) is 11.0. The number of ether oxygens (including phenoxy) is 1. The highest BCUT2D eigenvalue weighted by Gasteiger charge is 2.22. The maximum atomic E-state index is 12.8. The summed E-state index contributed by atoms with van der Waals surface area (Å²) in [6.45, 7) is 4.30. The van der Waals surface area contributed by atoms with Crippen LogP contribution in [0.25, 0.3) is 10.2 Å². The van der Waals surface area contributed by atoms with E-state index in [0.29, 0.717) is 16.4 Å². The van der Waals surface area contributed by atoms with E-state index in [1.165, 1.54) is 11.3 Å². The summed E-state index contributed by atoms with van der Waals surface area (Å²) in [4.78, 5) is 26.1. The molecule has 0 radical (unpaired) electrons. The molecule has 0 aliphatic heterocycles. The topological polar surface area (TPSA) is 99.0 Å². The number of rotatable bonds is 6. The quantitative estimate of drug-likeness (QED) is 0.427. The number of benzene rings is 1. The minimum atomic E-state index is -0.621. The molecule has 3 heterocycles. The molecular formula is C19H16ClN5O3S2. The zero-order chi connectivity index (χ0) is 21.3. The van der Waals surface area contributed by atoms with Gasteiger partial charge in [0.25, 0.3) is 5.91 Å². The van der Waals surface area contributed by atoms with Crippen molar-refractivity contribution in [1.82, 2.24) is 19.4 Å². The van der Waals surface area contributed by atoms with Gasteiger partial charge < -0.3 is 10.1 Å². The Labute approximate surface area is 184 Å². The third kappa shape index (κ3) is 3.93. The number of nitrogens with zero attached hydrogens (tertiary/aromatic N) is 4. The number of nitrogens with one attached hydrogen (secondary N) is 1. The van der Waals surface area contributed by atoms with Gasteiger partial charge in [0.15, 0.2) is 5.00 Å². The Hall–Kier alpha value is -2.82. The average molecular weight is 462 g/mol. The number of aromatic nitrogens is 4. The SMILES string of the molecule is CCOC(=O)c1nnsc1NC(=O)c1cc2c(C)nn(Cc3ccccc3Cl)c2s1. The maximum Gasteiger partial charge on any atom is 0.362 e. The van der Waals surface area contributed by atoms with Gasteiger partial charge in [-0.15, -0.1) is 16.4 Å². The number of thiophene rings is 1. The smallest absolute Gasteiger partial charge is 0.362 e. The predicted octanol–water partition coefficient (Wildman–Crippen LogP) is 4.39. The number of aryl methyl sites for hydroxylation is 1. The highest BCUT2D eigenvalue weighted by Crippen LogP contribution is 2.31. The molecule has 1 amide bonds. The van der Waals surface area contributed by atoms with E-state index in [-0.39, 0.29) is 23.2 Å². The lowest BCUT2D eigenvalue weighted by atomic mass is 10.2. The van der Waals surface area contributed by atoms with Crippen LogP contribution in [-0.2, 0) is 11.3 Å². The molecule has 1 aromatic carbocycles. The summed E-state index contributed by atoms with van der Waals surface area (Å²) in [6.07, 6.45) is 0. The first kappa shape index (κ1) is 20.5. The lowest BCUT2D eigenvalue weighted by Gasteiger charge is -2.05. The minimum Gasteiger partial charge on any atom is -0.461 e. The van der Waals surface area contributed by atoms with Crippen molar-refractivity contribution < 1.29 is 14.3 Å². The molecule has 11 heteroatoms. The number of anilines is 1. The average Bonchev–Trinajstić information content (AvgIpc) is 3.41. The van der Waals surface area contributed by atoms with E-state index < -0.39 is 5.97 Å². The fourth-order valence-corrected chi connectivity index (χ4v) is 4.69. The highest BCUT2D eigenvalue weighted by molar-refractivity contribution is 7.20. The molecule has 0 aliphatic carbocycles. The lowest BCUT2D eigenvalue weighted by Crippen LogP contribution is -2.14. The van der Waals surface area contributed by atoms with Crippen molar-refractivity contribution >= 4 is 61.6 Å². The van der Waals surface area contributed by atoms with Crippen LogP contribution in [0.15, 0.2) is 30.3 Å². The summed E-state index contributed by atoms with van der Waals surface area (Å²) < 4.78 is 10.5. The number of hydrogen-bond acceptors (Lipinski definition) is 8. The van der Waals surface area contributed by atoms with Crippen LogP contribution in [0.4, 0.5) is 5.00 Å². The second-order valence-corrected chi connectivity index (χ2v) is 8.48. The first-order chi connectivity index (χ1) is 14.5. The van der Waals surface area contributed by atoms with Gasteiger partial charge in [-0.05, 0) is 31.5 Å². The van der Waals surface area contributed by atoms with Gasteiger partial charge in [0.05, 0.1) is 23.7 Å². The van der Waals surface area contributed by atoms with Crippen LogP contribution in [0, 0.1) is 6.92 Å². The van der Waals surface area contributed by atoms with Gasteiger partial charge >= 0.3 is 5.97 Å². The molecule has 4 aromatic rings. The molecule has 30 heavy (non-hydrogen) atoms. The molecule has 154 valence electrons. The second-order valence-electron chi connectivity index (χ2n) is 6.29. The zero-order valence-electron chi connectivity index (χ0n) is 16.0. The Morgan fingerprint density at radius 3 is 2.87 bits per heavy atom. The zero-order valence-corrected chi connectivity index (χ0v) is 18.4. The van der Waals surface area contributed by atoms with Gasteiger partial charge in [0.2, 0.25) is 5.69 Å². The van der Waals surface area contributed by atoms with Crippen molar-refractivity contribution in [2.24, 2.45) is 0 Å². The van der Waals surface area contributed by atoms with E-state index in [1.807, 2.05) is 35.9 Å². The van der Waals surface area contributed by atoms with Crippen LogP contribution in [0.5, 0.6) is 0 Å². The Morgan fingerprint density at radius 1 is 1.30 bits per heavy atom. The Balaban J connectivity index is 1.60. The summed E-state index contributed by atoms with van der Waals surface area (Å²) in [6, 6.07) is 9.37. The fourth-order valence-electron chi connectivity index (χ4n) is 2.89. The number of carbonyl (C=O) groups is 2. The van der Waals surface area contributed by atoms with Crippen molar-refractivity contribution in [1.29, 1.82) is 0 Å². The van der Waals surface area contributed by atoms with E-state index in [9.17, 15) is 9.59 Å². The van der Waals surface area contributed by atoms with E-state index in [1.54, 1.807) is 13.0 Å². The van der Waals surface area contributed by atoms with Crippen LogP contribution < -0.4 is 5.32 Å². The highest BCUT2D eigenvalue weighted by atomic mass is 35.5. The van der Waals surface area contributed by atoms with Gasteiger partial charge in [-0.1, -0.05) is 34.3 Å². The molecule has 0 saturated carbocycles. The van der Waals surface area contributed by atoms with Crippen LogP contribution in [0.3, 0.4) is 0 Å². The van der Waals surface area contributed by atoms with Gasteiger partial charge in [0.1, 0.15) is 4.83 Å². The van der Waals surface area contributed by atoms with Crippen LogP contribution >= 0.6 is 34.5 Å². The van der Waals surface area contributed by atoms with Crippen molar-refractivity contribution in [3.05, 3.63) is 57.2 Å². The van der Waals surface area contributed by atoms with Gasteiger partial charge in [-0.25, -0.2) is 4.79 Å². The molecule has 4 rings (SSSR count). The third-order valence-corrected chi connectivity index (χ3v) is 6.45. The molecule has 0 bridgehead atoms. The molecule has 0 fully saturated rings. The third-order valence-electron chi connectivity index (χ3n) is 4.29. The molecule has 0 unspecified atom stereocenters. The standard InChI is InChI=1S/C19H16ClN5O3S2/c1-3-28-19(27)15-17(30-24-22-15)21-16(26)14-8-12-10(2)23-25(18(12)29-14)9-11-6-4-5-7-13(11)20/h4-8H,3,9H2,1-2H3,(H,21,26). The van der Waals surface area contributed by atoms with Gasteiger partial charge in [-0.2, -0.15) is 5.10 Å². The monoisotopic (exact) mass is 461 g/mol. The number of fused-ring (bicyclic) bond motifs is 1. The van der Waals surface area contributed by atoms with Crippen molar-refractivity contribution in [3.63, 3.8) is 0 Å². The summed E-state index contributed by atoms with van der Waals surface area (Å²) >= 11 is 8.52. The van der Waals surface area contributed by atoms with Gasteiger partial charge in [0, 0.05) is 21.9 Å². The van der Waals surface area contributed by atoms with Gasteiger partial charge in [-0.3, -0.25) is 9.48 Å². The largest absolute Gasteiger partial charge is 0.461 e. The molecular weight excluding hydrogens is 446 g/mol. The molecule has 0 aliphatic rings. The molecule has 3 aromatic heterocycles. The van der Waals surface area contributed by atoms with E-state index >= 15 is 0 Å². The summed E-state index contributed by atoms with van der Waals surface area (Å²) in [5, 5.41) is 12.9. The first-order valence-corrected chi connectivity index (χ1v) is 11.0. The van der Waals surface area contributed by atoms with Crippen LogP contribution in [0.1, 0.15) is 38.3 Å². The van der Waals surface area contributed by atoms with Crippen LogP contribution in [-0.4, -0.2) is 37.9 Å². The number of hydrogen-bond donors (Lipinski definition) is 1. The predicted molar refractivity (Wildman–Crippen MR) is 117 cm³/mol. The number of esters is 1. The molecule has 1 N–H and O–H groups in total.